The van der Waals surface area contributed by atoms with Crippen molar-refractivity contribution in [1.82, 2.24) is 4.90 Å². The molecule has 34 heavy (non-hydrogen) atoms. The van der Waals surface area contributed by atoms with Gasteiger partial charge in [0.1, 0.15) is 5.75 Å². The standard InChI is InChI=1S/C28H40N2O4/c1-9-26-11-10-13-30-14-12-27(22(26)30)21-19(25(3,4)5)15-18(33-7)16-20(21)29(6)23(27)28(32,17(26)2)24(31)34-8/h10-11,15-17,22-23,32H,9,12-14H2,1-8H3/t17-,22?,23?,26+,27?,28-/m1/s1. The molecule has 0 radical (unpaired) electrons. The number of carbonyl (C=O) groups is 1. The number of nitrogens with zero attached hydrogens (tertiary/aromatic N) is 2. The van der Waals surface area contributed by atoms with Gasteiger partial charge in [0.25, 0.3) is 0 Å². The number of rotatable bonds is 3. The van der Waals surface area contributed by atoms with Crippen molar-refractivity contribution in [2.45, 2.75) is 76.0 Å². The molecule has 6 heteroatoms. The number of benzene rings is 1. The average molecular weight is 469 g/mol. The Hall–Kier alpha value is -2.05. The summed E-state index contributed by atoms with van der Waals surface area (Å²) < 4.78 is 11.1. The van der Waals surface area contributed by atoms with Crippen LogP contribution in [0.3, 0.4) is 0 Å². The van der Waals surface area contributed by atoms with Crippen LogP contribution >= 0.6 is 0 Å². The molecular weight excluding hydrogens is 428 g/mol. The van der Waals surface area contributed by atoms with Crippen LogP contribution in [-0.2, 0) is 20.4 Å². The zero-order chi connectivity index (χ0) is 24.8. The first-order chi connectivity index (χ1) is 15.9. The largest absolute Gasteiger partial charge is 0.497 e. The minimum absolute atomic E-state index is 0.137. The van der Waals surface area contributed by atoms with Crippen molar-refractivity contribution < 1.29 is 19.4 Å². The Kier molecular flexibility index (Phi) is 5.04. The zero-order valence-corrected chi connectivity index (χ0v) is 21.9. The van der Waals surface area contributed by atoms with Gasteiger partial charge in [0.15, 0.2) is 5.60 Å². The first kappa shape index (κ1) is 23.7. The summed E-state index contributed by atoms with van der Waals surface area (Å²) in [4.78, 5) is 18.4. The first-order valence-electron chi connectivity index (χ1n) is 12.6. The molecule has 1 spiro atoms. The van der Waals surface area contributed by atoms with Gasteiger partial charge >= 0.3 is 5.97 Å². The Morgan fingerprint density at radius 3 is 2.53 bits per heavy atom. The summed E-state index contributed by atoms with van der Waals surface area (Å²) in [5.74, 6) is -0.0353. The van der Waals surface area contributed by atoms with Gasteiger partial charge in [0.2, 0.25) is 0 Å². The molecule has 0 bridgehead atoms. The summed E-state index contributed by atoms with van der Waals surface area (Å²) in [6, 6.07) is 4.04. The monoisotopic (exact) mass is 468 g/mol. The Morgan fingerprint density at radius 2 is 1.94 bits per heavy atom. The third-order valence-electron chi connectivity index (χ3n) is 9.81. The summed E-state index contributed by atoms with van der Waals surface area (Å²) in [6.45, 7) is 12.8. The molecule has 1 saturated heterocycles. The average Bonchev–Trinajstić information content (AvgIpc) is 3.32. The molecule has 0 amide bonds. The van der Waals surface area contributed by atoms with Crippen LogP contribution in [0.15, 0.2) is 24.3 Å². The summed E-state index contributed by atoms with van der Waals surface area (Å²) in [5, 5.41) is 12.6. The molecule has 1 N–H and O–H groups in total. The van der Waals surface area contributed by atoms with Crippen LogP contribution in [0.2, 0.25) is 0 Å². The highest BCUT2D eigenvalue weighted by atomic mass is 16.5. The van der Waals surface area contributed by atoms with Crippen molar-refractivity contribution in [3.8, 4) is 5.75 Å². The normalized spacial score (nSPS) is 38.4. The predicted octanol–water partition coefficient (Wildman–Crippen LogP) is 3.64. The van der Waals surface area contributed by atoms with E-state index in [0.717, 1.165) is 37.4 Å². The fraction of sp³-hybridized carbons (Fsp3) is 0.679. The van der Waals surface area contributed by atoms with Gasteiger partial charge in [-0.15, -0.1) is 0 Å². The maximum absolute atomic E-state index is 13.6. The van der Waals surface area contributed by atoms with Crippen molar-refractivity contribution in [1.29, 1.82) is 0 Å². The summed E-state index contributed by atoms with van der Waals surface area (Å²) in [7, 11) is 5.13. The topological polar surface area (TPSA) is 62.2 Å². The van der Waals surface area contributed by atoms with Gasteiger partial charge in [-0.2, -0.15) is 0 Å². The lowest BCUT2D eigenvalue weighted by Gasteiger charge is -2.64. The number of aliphatic hydroxyl groups is 1. The van der Waals surface area contributed by atoms with E-state index in [1.807, 2.05) is 7.05 Å². The number of likely N-dealkylation sites (N-methyl/N-ethyl adjacent to an activating group) is 1. The van der Waals surface area contributed by atoms with E-state index in [0.29, 0.717) is 0 Å². The lowest BCUT2D eigenvalue weighted by atomic mass is 9.44. The van der Waals surface area contributed by atoms with E-state index in [4.69, 9.17) is 9.47 Å². The molecule has 6 atom stereocenters. The van der Waals surface area contributed by atoms with Crippen molar-refractivity contribution in [2.75, 3.05) is 39.3 Å². The molecule has 3 heterocycles. The zero-order valence-electron chi connectivity index (χ0n) is 21.9. The van der Waals surface area contributed by atoms with E-state index in [9.17, 15) is 9.90 Å². The van der Waals surface area contributed by atoms with Crippen molar-refractivity contribution in [3.05, 3.63) is 35.4 Å². The first-order valence-corrected chi connectivity index (χ1v) is 12.6. The highest BCUT2D eigenvalue weighted by Gasteiger charge is 2.78. The number of methoxy groups -OCH3 is 2. The third-order valence-corrected chi connectivity index (χ3v) is 9.81. The molecule has 1 saturated carbocycles. The van der Waals surface area contributed by atoms with E-state index in [-0.39, 0.29) is 22.8 Å². The van der Waals surface area contributed by atoms with Crippen LogP contribution in [0, 0.1) is 11.3 Å². The molecule has 1 aliphatic carbocycles. The Morgan fingerprint density at radius 1 is 1.24 bits per heavy atom. The van der Waals surface area contributed by atoms with Gasteiger partial charge in [0, 0.05) is 48.1 Å². The predicted molar refractivity (Wildman–Crippen MR) is 134 cm³/mol. The molecule has 4 aliphatic rings. The lowest BCUT2D eigenvalue weighted by molar-refractivity contribution is -0.197. The quantitative estimate of drug-likeness (QED) is 0.540. The van der Waals surface area contributed by atoms with Gasteiger partial charge in [-0.1, -0.05) is 46.8 Å². The van der Waals surface area contributed by atoms with Gasteiger partial charge < -0.3 is 19.5 Å². The van der Waals surface area contributed by atoms with Gasteiger partial charge in [0.05, 0.1) is 20.3 Å². The maximum Gasteiger partial charge on any atom is 0.340 e. The SMILES string of the molecule is CC[C@]12C=CCN3CCC4(c5c(cc(OC)cc5C(C)(C)C)N(C)C4[C@@](O)(C(=O)OC)[C@@H]1C)C32. The van der Waals surface area contributed by atoms with Crippen molar-refractivity contribution >= 4 is 11.7 Å². The highest BCUT2D eigenvalue weighted by Crippen LogP contribution is 2.69. The number of esters is 1. The number of carbonyl (C=O) groups excluding carboxylic acids is 1. The molecule has 1 aromatic rings. The third kappa shape index (κ3) is 2.51. The van der Waals surface area contributed by atoms with E-state index in [1.165, 1.54) is 18.2 Å². The van der Waals surface area contributed by atoms with Crippen LogP contribution in [0.1, 0.15) is 58.6 Å². The molecule has 1 aromatic carbocycles. The number of hydrogen-bond donors (Lipinski definition) is 1. The Balaban J connectivity index is 1.92. The lowest BCUT2D eigenvalue weighted by Crippen LogP contribution is -2.78. The molecule has 3 unspecified atom stereocenters. The summed E-state index contributed by atoms with van der Waals surface area (Å²) in [6.07, 6.45) is 6.30. The second-order valence-corrected chi connectivity index (χ2v) is 11.9. The van der Waals surface area contributed by atoms with Crippen LogP contribution in [0.5, 0.6) is 5.75 Å². The van der Waals surface area contributed by atoms with Crippen LogP contribution in [0.4, 0.5) is 5.69 Å². The maximum atomic E-state index is 13.6. The minimum atomic E-state index is -1.66. The van der Waals surface area contributed by atoms with Crippen LogP contribution < -0.4 is 9.64 Å². The van der Waals surface area contributed by atoms with Gasteiger partial charge in [-0.25, -0.2) is 4.79 Å². The van der Waals surface area contributed by atoms with E-state index < -0.39 is 23.0 Å². The van der Waals surface area contributed by atoms with Crippen LogP contribution in [0.25, 0.3) is 0 Å². The summed E-state index contributed by atoms with van der Waals surface area (Å²) in [5.41, 5.74) is 1.04. The van der Waals surface area contributed by atoms with Gasteiger partial charge in [-0.3, -0.25) is 4.90 Å². The van der Waals surface area contributed by atoms with E-state index in [2.05, 4.69) is 68.7 Å². The molecule has 2 fully saturated rings. The molecule has 3 aliphatic heterocycles. The van der Waals surface area contributed by atoms with E-state index in [1.54, 1.807) is 7.11 Å². The second-order valence-electron chi connectivity index (χ2n) is 11.9. The van der Waals surface area contributed by atoms with Crippen LogP contribution in [-0.4, -0.2) is 68.0 Å². The molecular formula is C28H40N2O4. The number of fused-ring (bicyclic) bond motifs is 1. The fourth-order valence-corrected chi connectivity index (χ4v) is 8.47. The Labute approximate surface area is 203 Å². The van der Waals surface area contributed by atoms with Gasteiger partial charge in [-0.05, 0) is 42.0 Å². The molecule has 0 aromatic heterocycles. The van der Waals surface area contributed by atoms with E-state index >= 15 is 0 Å². The summed E-state index contributed by atoms with van der Waals surface area (Å²) >= 11 is 0. The number of anilines is 1. The fourth-order valence-electron chi connectivity index (χ4n) is 8.47. The second kappa shape index (κ2) is 7.23. The molecule has 6 nitrogen and oxygen atoms in total. The number of hydrogen-bond acceptors (Lipinski definition) is 6. The number of ether oxygens (including phenoxy) is 2. The highest BCUT2D eigenvalue weighted by molar-refractivity contribution is 5.86. The van der Waals surface area contributed by atoms with Crippen molar-refractivity contribution in [2.24, 2.45) is 11.3 Å². The van der Waals surface area contributed by atoms with Crippen molar-refractivity contribution in [3.63, 3.8) is 0 Å². The minimum Gasteiger partial charge on any atom is -0.497 e. The molecule has 186 valence electrons. The molecule has 5 rings (SSSR count). The Bertz CT molecular complexity index is 1060. The smallest absolute Gasteiger partial charge is 0.340 e.